The molecule has 1 heterocycles. The highest BCUT2D eigenvalue weighted by molar-refractivity contribution is 4.93. The quantitative estimate of drug-likeness (QED) is 0.701. The Bertz CT molecular complexity index is 264. The molecule has 2 nitrogen and oxygen atoms in total. The topological polar surface area (TPSA) is 18.5 Å². The van der Waals surface area contributed by atoms with E-state index >= 15 is 0 Å². The van der Waals surface area contributed by atoms with Gasteiger partial charge in [0.2, 0.25) is 0 Å². The Morgan fingerprint density at radius 3 is 1.47 bits per heavy atom. The maximum absolute atomic E-state index is 6.18. The van der Waals surface area contributed by atoms with E-state index in [1.165, 1.54) is 64.2 Å². The van der Waals surface area contributed by atoms with Gasteiger partial charge in [-0.1, -0.05) is 45.1 Å². The molecule has 0 amide bonds. The first-order chi connectivity index (χ1) is 9.38. The fraction of sp³-hybridized carbons (Fsp3) is 0.882. The molecular formula is C17H28O2. The first-order valence-corrected chi connectivity index (χ1v) is 8.32. The van der Waals surface area contributed by atoms with Crippen molar-refractivity contribution in [2.75, 3.05) is 0 Å². The Kier molecular flexibility index (Phi) is 4.60. The Balaban J connectivity index is 1.68. The predicted octanol–water partition coefficient (Wildman–Crippen LogP) is 4.44. The Morgan fingerprint density at radius 2 is 1.11 bits per heavy atom. The maximum atomic E-state index is 6.18. The molecule has 0 N–H and O–H groups in total. The second kappa shape index (κ2) is 6.41. The molecule has 0 aromatic heterocycles. The van der Waals surface area contributed by atoms with Crippen LogP contribution in [0.3, 0.4) is 0 Å². The summed E-state index contributed by atoms with van der Waals surface area (Å²) in [6.07, 6.45) is 16.0. The zero-order valence-corrected chi connectivity index (χ0v) is 12.1. The molecule has 1 aliphatic heterocycles. The maximum Gasteiger partial charge on any atom is 0.177 e. The summed E-state index contributed by atoms with van der Waals surface area (Å²) in [5.74, 6) is 1.45. The van der Waals surface area contributed by atoms with Crippen LogP contribution in [0.2, 0.25) is 0 Å². The van der Waals surface area contributed by atoms with Crippen LogP contribution in [0.5, 0.6) is 0 Å². The first kappa shape index (κ1) is 13.6. The van der Waals surface area contributed by atoms with E-state index in [1.807, 2.05) is 6.08 Å². The van der Waals surface area contributed by atoms with Crippen LogP contribution < -0.4 is 0 Å². The van der Waals surface area contributed by atoms with Gasteiger partial charge in [0.1, 0.15) is 0 Å². The summed E-state index contributed by atoms with van der Waals surface area (Å²) in [7, 11) is 0. The minimum absolute atomic E-state index is 0.154. The van der Waals surface area contributed by atoms with E-state index in [1.54, 1.807) is 0 Å². The van der Waals surface area contributed by atoms with Gasteiger partial charge >= 0.3 is 0 Å². The number of hydrogen-bond acceptors (Lipinski definition) is 2. The lowest BCUT2D eigenvalue weighted by Crippen LogP contribution is -2.38. The van der Waals surface area contributed by atoms with Crippen LogP contribution in [0.15, 0.2) is 12.7 Å². The van der Waals surface area contributed by atoms with Crippen molar-refractivity contribution >= 4 is 0 Å². The van der Waals surface area contributed by atoms with Crippen LogP contribution >= 0.6 is 0 Å². The van der Waals surface area contributed by atoms with E-state index in [9.17, 15) is 0 Å². The average Bonchev–Trinajstić information content (AvgIpc) is 2.93. The largest absolute Gasteiger partial charge is 0.343 e. The van der Waals surface area contributed by atoms with Crippen molar-refractivity contribution in [3.8, 4) is 0 Å². The molecule has 0 spiro atoms. The van der Waals surface area contributed by atoms with Crippen LogP contribution in [-0.4, -0.2) is 18.5 Å². The summed E-state index contributed by atoms with van der Waals surface area (Å²) in [4.78, 5) is 0. The lowest BCUT2D eigenvalue weighted by molar-refractivity contribution is -0.0430. The van der Waals surface area contributed by atoms with Gasteiger partial charge in [-0.25, -0.2) is 0 Å². The van der Waals surface area contributed by atoms with E-state index in [0.29, 0.717) is 12.2 Å². The van der Waals surface area contributed by atoms with Crippen LogP contribution in [0, 0.1) is 11.8 Å². The Labute approximate surface area is 117 Å². The smallest absolute Gasteiger partial charge is 0.177 e. The van der Waals surface area contributed by atoms with E-state index in [2.05, 4.69) is 6.58 Å². The molecule has 0 radical (unpaired) electrons. The van der Waals surface area contributed by atoms with Crippen LogP contribution in [0.1, 0.15) is 64.2 Å². The summed E-state index contributed by atoms with van der Waals surface area (Å²) >= 11 is 0. The van der Waals surface area contributed by atoms with Crippen molar-refractivity contribution in [2.24, 2.45) is 11.8 Å². The van der Waals surface area contributed by atoms with Crippen LogP contribution in [-0.2, 0) is 9.47 Å². The van der Waals surface area contributed by atoms with Gasteiger partial charge in [-0.3, -0.25) is 0 Å². The summed E-state index contributed by atoms with van der Waals surface area (Å²) in [5, 5.41) is 0. The molecule has 2 heteroatoms. The minimum Gasteiger partial charge on any atom is -0.343 e. The van der Waals surface area contributed by atoms with Crippen LogP contribution in [0.4, 0.5) is 0 Å². The fourth-order valence-electron chi connectivity index (χ4n) is 4.29. The summed E-state index contributed by atoms with van der Waals surface area (Å²) in [5.41, 5.74) is 0. The van der Waals surface area contributed by atoms with Gasteiger partial charge < -0.3 is 9.47 Å². The molecule has 19 heavy (non-hydrogen) atoms. The lowest BCUT2D eigenvalue weighted by atomic mass is 9.77. The van der Waals surface area contributed by atoms with Gasteiger partial charge in [0, 0.05) is 0 Å². The molecule has 3 fully saturated rings. The standard InChI is InChI=1S/C17H28O2/c1-2-15-18-16(13-9-5-3-6-10-13)17(19-15)14-11-7-4-8-12-14/h2,13-17H,1,3-12H2/t16-,17-/m0/s1. The first-order valence-electron chi connectivity index (χ1n) is 8.32. The number of ether oxygens (including phenoxy) is 2. The molecule has 3 aliphatic rings. The summed E-state index contributed by atoms with van der Waals surface area (Å²) in [6, 6.07) is 0. The highest BCUT2D eigenvalue weighted by Gasteiger charge is 2.43. The van der Waals surface area contributed by atoms with E-state index in [4.69, 9.17) is 9.47 Å². The number of rotatable bonds is 3. The van der Waals surface area contributed by atoms with Crippen molar-refractivity contribution in [3.05, 3.63) is 12.7 Å². The third-order valence-corrected chi connectivity index (χ3v) is 5.33. The van der Waals surface area contributed by atoms with Gasteiger partial charge in [0.05, 0.1) is 12.2 Å². The van der Waals surface area contributed by atoms with Gasteiger partial charge in [0.25, 0.3) is 0 Å². The van der Waals surface area contributed by atoms with Crippen molar-refractivity contribution in [1.82, 2.24) is 0 Å². The van der Waals surface area contributed by atoms with E-state index in [0.717, 1.165) is 11.8 Å². The van der Waals surface area contributed by atoms with Gasteiger partial charge in [-0.2, -0.15) is 0 Å². The molecule has 2 saturated carbocycles. The lowest BCUT2D eigenvalue weighted by Gasteiger charge is -2.34. The Hall–Kier alpha value is -0.340. The Morgan fingerprint density at radius 1 is 0.684 bits per heavy atom. The molecule has 0 aromatic rings. The average molecular weight is 264 g/mol. The molecule has 1 saturated heterocycles. The number of hydrogen-bond donors (Lipinski definition) is 0. The molecule has 3 rings (SSSR count). The second-order valence-corrected chi connectivity index (χ2v) is 6.60. The molecule has 2 atom stereocenters. The molecule has 108 valence electrons. The van der Waals surface area contributed by atoms with Gasteiger partial charge in [-0.05, 0) is 43.6 Å². The molecule has 0 bridgehead atoms. The monoisotopic (exact) mass is 264 g/mol. The normalized spacial score (nSPS) is 35.6. The van der Waals surface area contributed by atoms with E-state index < -0.39 is 0 Å². The van der Waals surface area contributed by atoms with Crippen LogP contribution in [0.25, 0.3) is 0 Å². The third-order valence-electron chi connectivity index (χ3n) is 5.33. The van der Waals surface area contributed by atoms with Gasteiger partial charge in [0.15, 0.2) is 6.29 Å². The van der Waals surface area contributed by atoms with Gasteiger partial charge in [-0.15, -0.1) is 0 Å². The highest BCUT2D eigenvalue weighted by atomic mass is 16.7. The molecule has 2 aliphatic carbocycles. The minimum atomic E-state index is -0.154. The highest BCUT2D eigenvalue weighted by Crippen LogP contribution is 2.41. The van der Waals surface area contributed by atoms with Crippen molar-refractivity contribution in [2.45, 2.75) is 82.7 Å². The van der Waals surface area contributed by atoms with Crippen molar-refractivity contribution in [1.29, 1.82) is 0 Å². The second-order valence-electron chi connectivity index (χ2n) is 6.60. The van der Waals surface area contributed by atoms with Crippen molar-refractivity contribution in [3.63, 3.8) is 0 Å². The molecular weight excluding hydrogens is 236 g/mol. The molecule has 0 unspecified atom stereocenters. The van der Waals surface area contributed by atoms with Crippen molar-refractivity contribution < 1.29 is 9.47 Å². The third kappa shape index (κ3) is 3.05. The fourth-order valence-corrected chi connectivity index (χ4v) is 4.29. The predicted molar refractivity (Wildman–Crippen MR) is 76.9 cm³/mol. The summed E-state index contributed by atoms with van der Waals surface area (Å²) < 4.78 is 12.4. The SMILES string of the molecule is C=CC1O[C@@H](C2CCCCC2)[C@H](C2CCCCC2)O1. The zero-order valence-electron chi connectivity index (χ0n) is 12.1. The molecule has 0 aromatic carbocycles. The summed E-state index contributed by atoms with van der Waals surface area (Å²) in [6.45, 7) is 3.85. The van der Waals surface area contributed by atoms with E-state index in [-0.39, 0.29) is 6.29 Å². The zero-order chi connectivity index (χ0) is 13.1.